The van der Waals surface area contributed by atoms with Gasteiger partial charge in [-0.15, -0.1) is 0 Å². The second kappa shape index (κ2) is 7.49. The third kappa shape index (κ3) is 4.39. The van der Waals surface area contributed by atoms with Crippen LogP contribution in [0.4, 0.5) is 0 Å². The fourth-order valence-electron chi connectivity index (χ4n) is 2.64. The standard InChI is InChI=1S/C15H25N3/c1-2-18(13-15-5-9-16-10-6-15)11-7-14-4-3-8-17-12-14/h3-4,8,12,15-16H,2,5-7,9-11,13H2,1H3. The molecular formula is C15H25N3. The molecule has 1 N–H and O–H groups in total. The molecule has 0 amide bonds. The maximum Gasteiger partial charge on any atom is 0.0300 e. The lowest BCUT2D eigenvalue weighted by Crippen LogP contribution is -2.37. The zero-order valence-electron chi connectivity index (χ0n) is 11.4. The van der Waals surface area contributed by atoms with E-state index in [1.807, 2.05) is 18.5 Å². The Morgan fingerprint density at radius 1 is 1.39 bits per heavy atom. The van der Waals surface area contributed by atoms with Gasteiger partial charge in [0, 0.05) is 25.5 Å². The van der Waals surface area contributed by atoms with Gasteiger partial charge >= 0.3 is 0 Å². The lowest BCUT2D eigenvalue weighted by atomic mass is 9.97. The summed E-state index contributed by atoms with van der Waals surface area (Å²) < 4.78 is 0. The Labute approximate surface area is 111 Å². The first kappa shape index (κ1) is 13.5. The Morgan fingerprint density at radius 2 is 2.22 bits per heavy atom. The molecule has 1 aromatic rings. The van der Waals surface area contributed by atoms with Crippen molar-refractivity contribution >= 4 is 0 Å². The van der Waals surface area contributed by atoms with E-state index in [4.69, 9.17) is 0 Å². The molecule has 0 bridgehead atoms. The van der Waals surface area contributed by atoms with Crippen LogP contribution in [0.2, 0.25) is 0 Å². The van der Waals surface area contributed by atoms with E-state index in [1.165, 1.54) is 38.0 Å². The molecule has 0 radical (unpaired) electrons. The predicted molar refractivity (Wildman–Crippen MR) is 75.6 cm³/mol. The van der Waals surface area contributed by atoms with E-state index in [-0.39, 0.29) is 0 Å². The van der Waals surface area contributed by atoms with Crippen LogP contribution < -0.4 is 5.32 Å². The Hall–Kier alpha value is -0.930. The van der Waals surface area contributed by atoms with Gasteiger partial charge in [0.15, 0.2) is 0 Å². The second-order valence-electron chi connectivity index (χ2n) is 5.20. The van der Waals surface area contributed by atoms with Crippen molar-refractivity contribution in [3.63, 3.8) is 0 Å². The SMILES string of the molecule is CCN(CCc1cccnc1)CC1CCNCC1. The first-order chi connectivity index (χ1) is 8.88. The molecule has 1 aliphatic heterocycles. The number of pyridine rings is 1. The zero-order chi connectivity index (χ0) is 12.6. The number of likely N-dealkylation sites (N-methyl/N-ethyl adjacent to an activating group) is 1. The third-order valence-electron chi connectivity index (χ3n) is 3.86. The lowest BCUT2D eigenvalue weighted by Gasteiger charge is -2.29. The highest BCUT2D eigenvalue weighted by Gasteiger charge is 2.15. The van der Waals surface area contributed by atoms with Gasteiger partial charge in [-0.05, 0) is 56.4 Å². The largest absolute Gasteiger partial charge is 0.317 e. The number of piperidine rings is 1. The Morgan fingerprint density at radius 3 is 2.89 bits per heavy atom. The minimum Gasteiger partial charge on any atom is -0.317 e. The maximum atomic E-state index is 4.18. The Bertz CT molecular complexity index is 320. The number of aromatic nitrogens is 1. The molecular weight excluding hydrogens is 222 g/mol. The van der Waals surface area contributed by atoms with Gasteiger partial charge in [0.1, 0.15) is 0 Å². The molecule has 0 unspecified atom stereocenters. The average molecular weight is 247 g/mol. The van der Waals surface area contributed by atoms with Crippen molar-refractivity contribution in [1.82, 2.24) is 15.2 Å². The summed E-state index contributed by atoms with van der Waals surface area (Å²) in [6, 6.07) is 4.20. The topological polar surface area (TPSA) is 28.2 Å². The lowest BCUT2D eigenvalue weighted by molar-refractivity contribution is 0.215. The van der Waals surface area contributed by atoms with Gasteiger partial charge in [-0.3, -0.25) is 4.98 Å². The van der Waals surface area contributed by atoms with E-state index in [0.717, 1.165) is 25.4 Å². The van der Waals surface area contributed by atoms with E-state index in [0.29, 0.717) is 0 Å². The Kier molecular flexibility index (Phi) is 5.62. The van der Waals surface area contributed by atoms with Gasteiger partial charge in [0.25, 0.3) is 0 Å². The average Bonchev–Trinajstić information content (AvgIpc) is 2.45. The zero-order valence-corrected chi connectivity index (χ0v) is 11.4. The molecule has 1 aromatic heterocycles. The minimum absolute atomic E-state index is 0.889. The number of hydrogen-bond acceptors (Lipinski definition) is 3. The summed E-state index contributed by atoms with van der Waals surface area (Å²) in [5.41, 5.74) is 1.35. The summed E-state index contributed by atoms with van der Waals surface area (Å²) in [4.78, 5) is 6.76. The summed E-state index contributed by atoms with van der Waals surface area (Å²) in [5.74, 6) is 0.889. The van der Waals surface area contributed by atoms with Crippen molar-refractivity contribution in [2.24, 2.45) is 5.92 Å². The highest BCUT2D eigenvalue weighted by Crippen LogP contribution is 2.13. The number of nitrogens with one attached hydrogen (secondary N) is 1. The summed E-state index contributed by atoms with van der Waals surface area (Å²) in [5, 5.41) is 3.44. The fourth-order valence-corrected chi connectivity index (χ4v) is 2.64. The molecule has 18 heavy (non-hydrogen) atoms. The third-order valence-corrected chi connectivity index (χ3v) is 3.86. The van der Waals surface area contributed by atoms with Crippen molar-refractivity contribution in [1.29, 1.82) is 0 Å². The normalized spacial score (nSPS) is 17.2. The molecule has 2 rings (SSSR count). The highest BCUT2D eigenvalue weighted by atomic mass is 15.1. The maximum absolute atomic E-state index is 4.18. The summed E-state index contributed by atoms with van der Waals surface area (Å²) in [6.45, 7) is 8.24. The van der Waals surface area contributed by atoms with Crippen molar-refractivity contribution in [3.8, 4) is 0 Å². The van der Waals surface area contributed by atoms with Crippen LogP contribution in [0, 0.1) is 5.92 Å². The van der Waals surface area contributed by atoms with Crippen molar-refractivity contribution in [3.05, 3.63) is 30.1 Å². The van der Waals surface area contributed by atoms with Crippen LogP contribution in [0.15, 0.2) is 24.5 Å². The summed E-state index contributed by atoms with van der Waals surface area (Å²) in [7, 11) is 0. The van der Waals surface area contributed by atoms with Gasteiger partial charge < -0.3 is 10.2 Å². The molecule has 0 aliphatic carbocycles. The molecule has 0 atom stereocenters. The molecule has 1 aliphatic rings. The molecule has 1 fully saturated rings. The van der Waals surface area contributed by atoms with Crippen LogP contribution >= 0.6 is 0 Å². The molecule has 3 nitrogen and oxygen atoms in total. The molecule has 3 heteroatoms. The van der Waals surface area contributed by atoms with Crippen molar-refractivity contribution in [2.75, 3.05) is 32.7 Å². The summed E-state index contributed by atoms with van der Waals surface area (Å²) >= 11 is 0. The summed E-state index contributed by atoms with van der Waals surface area (Å²) in [6.07, 6.45) is 7.62. The quantitative estimate of drug-likeness (QED) is 0.833. The Balaban J connectivity index is 1.74. The van der Waals surface area contributed by atoms with Gasteiger partial charge in [0.2, 0.25) is 0 Å². The minimum atomic E-state index is 0.889. The number of nitrogens with zero attached hydrogens (tertiary/aromatic N) is 2. The van der Waals surface area contributed by atoms with Gasteiger partial charge in [0.05, 0.1) is 0 Å². The van der Waals surface area contributed by atoms with Gasteiger partial charge in [-0.25, -0.2) is 0 Å². The van der Waals surface area contributed by atoms with E-state index >= 15 is 0 Å². The van der Waals surface area contributed by atoms with Crippen molar-refractivity contribution < 1.29 is 0 Å². The predicted octanol–water partition coefficient (Wildman–Crippen LogP) is 1.95. The highest BCUT2D eigenvalue weighted by molar-refractivity contribution is 5.08. The molecule has 1 saturated heterocycles. The molecule has 0 saturated carbocycles. The van der Waals surface area contributed by atoms with Crippen LogP contribution in [0.5, 0.6) is 0 Å². The second-order valence-corrected chi connectivity index (χ2v) is 5.20. The van der Waals surface area contributed by atoms with E-state index in [9.17, 15) is 0 Å². The van der Waals surface area contributed by atoms with Crippen LogP contribution in [0.1, 0.15) is 25.3 Å². The van der Waals surface area contributed by atoms with E-state index in [2.05, 4.69) is 28.2 Å². The smallest absolute Gasteiger partial charge is 0.0300 e. The van der Waals surface area contributed by atoms with Crippen molar-refractivity contribution in [2.45, 2.75) is 26.2 Å². The number of hydrogen-bond donors (Lipinski definition) is 1. The fraction of sp³-hybridized carbons (Fsp3) is 0.667. The van der Waals surface area contributed by atoms with Crippen LogP contribution in [-0.4, -0.2) is 42.6 Å². The first-order valence-corrected chi connectivity index (χ1v) is 7.20. The molecule has 0 aromatic carbocycles. The van der Waals surface area contributed by atoms with Gasteiger partial charge in [-0.1, -0.05) is 13.0 Å². The van der Waals surface area contributed by atoms with E-state index < -0.39 is 0 Å². The van der Waals surface area contributed by atoms with E-state index in [1.54, 1.807) is 0 Å². The molecule has 2 heterocycles. The van der Waals surface area contributed by atoms with Gasteiger partial charge in [-0.2, -0.15) is 0 Å². The monoisotopic (exact) mass is 247 g/mol. The van der Waals surface area contributed by atoms with Crippen LogP contribution in [0.25, 0.3) is 0 Å². The van der Waals surface area contributed by atoms with Crippen LogP contribution in [-0.2, 0) is 6.42 Å². The number of rotatable bonds is 6. The molecule has 0 spiro atoms. The first-order valence-electron chi connectivity index (χ1n) is 7.20. The van der Waals surface area contributed by atoms with Crippen LogP contribution in [0.3, 0.4) is 0 Å². The molecule has 100 valence electrons.